The molecule has 1 amide bonds. The second-order valence-electron chi connectivity index (χ2n) is 4.89. The first-order valence-corrected chi connectivity index (χ1v) is 6.42. The number of hydrogen-bond acceptors (Lipinski definition) is 2. The molecule has 2 rings (SSSR count). The molecule has 0 saturated carbocycles. The summed E-state index contributed by atoms with van der Waals surface area (Å²) in [5.74, 6) is 0.0707. The Bertz CT molecular complexity index is 466. The van der Waals surface area contributed by atoms with Crippen molar-refractivity contribution in [2.75, 3.05) is 18.4 Å². The molecule has 1 aromatic rings. The smallest absolute Gasteiger partial charge is 0.254 e. The fourth-order valence-electron chi connectivity index (χ4n) is 2.26. The van der Waals surface area contributed by atoms with Gasteiger partial charge in [-0.15, -0.1) is 6.58 Å². The van der Waals surface area contributed by atoms with Crippen molar-refractivity contribution in [2.24, 2.45) is 0 Å². The van der Waals surface area contributed by atoms with Crippen LogP contribution < -0.4 is 5.32 Å². The largest absolute Gasteiger partial charge is 0.384 e. The zero-order chi connectivity index (χ0) is 13.1. The molecule has 3 nitrogen and oxygen atoms in total. The zero-order valence-electron chi connectivity index (χ0n) is 11.1. The third kappa shape index (κ3) is 2.40. The van der Waals surface area contributed by atoms with Gasteiger partial charge in [-0.1, -0.05) is 12.1 Å². The molecule has 0 fully saturated rings. The van der Waals surface area contributed by atoms with Gasteiger partial charge < -0.3 is 10.2 Å². The van der Waals surface area contributed by atoms with E-state index >= 15 is 0 Å². The van der Waals surface area contributed by atoms with Gasteiger partial charge in [0.1, 0.15) is 0 Å². The predicted octanol–water partition coefficient (Wildman–Crippen LogP) is 2.69. The van der Waals surface area contributed by atoms with E-state index in [9.17, 15) is 4.79 Å². The van der Waals surface area contributed by atoms with E-state index in [-0.39, 0.29) is 11.9 Å². The normalized spacial score (nSPS) is 13.1. The summed E-state index contributed by atoms with van der Waals surface area (Å²) in [7, 11) is 0. The van der Waals surface area contributed by atoms with Gasteiger partial charge in [0.05, 0.1) is 0 Å². The van der Waals surface area contributed by atoms with Gasteiger partial charge in [-0.3, -0.25) is 4.79 Å². The Morgan fingerprint density at radius 3 is 3.00 bits per heavy atom. The van der Waals surface area contributed by atoms with Crippen molar-refractivity contribution in [1.29, 1.82) is 0 Å². The van der Waals surface area contributed by atoms with Crippen LogP contribution in [0.2, 0.25) is 0 Å². The molecule has 0 atom stereocenters. The van der Waals surface area contributed by atoms with E-state index in [1.54, 1.807) is 6.08 Å². The fourth-order valence-corrected chi connectivity index (χ4v) is 2.26. The third-order valence-corrected chi connectivity index (χ3v) is 3.28. The lowest BCUT2D eigenvalue weighted by molar-refractivity contribution is 0.0729. The minimum Gasteiger partial charge on any atom is -0.384 e. The van der Waals surface area contributed by atoms with Crippen LogP contribution in [0, 0.1) is 0 Å². The van der Waals surface area contributed by atoms with Crippen molar-refractivity contribution in [1.82, 2.24) is 4.90 Å². The lowest BCUT2D eigenvalue weighted by Crippen LogP contribution is -2.37. The van der Waals surface area contributed by atoms with Crippen LogP contribution in [0.1, 0.15) is 29.8 Å². The van der Waals surface area contributed by atoms with Gasteiger partial charge in [0.15, 0.2) is 0 Å². The molecule has 96 valence electrons. The first-order valence-electron chi connectivity index (χ1n) is 6.42. The summed E-state index contributed by atoms with van der Waals surface area (Å²) in [5, 5.41) is 3.30. The number of fused-ring (bicyclic) bond motifs is 1. The van der Waals surface area contributed by atoms with Gasteiger partial charge in [0, 0.05) is 30.4 Å². The lowest BCUT2D eigenvalue weighted by atomic mass is 10.1. The van der Waals surface area contributed by atoms with Gasteiger partial charge in [0.25, 0.3) is 5.91 Å². The minimum absolute atomic E-state index is 0.0707. The molecule has 1 aliphatic heterocycles. The van der Waals surface area contributed by atoms with Gasteiger partial charge in [-0.05, 0) is 38.0 Å². The molecule has 0 unspecified atom stereocenters. The highest BCUT2D eigenvalue weighted by Crippen LogP contribution is 2.24. The second-order valence-corrected chi connectivity index (χ2v) is 4.89. The topological polar surface area (TPSA) is 32.3 Å². The standard InChI is InChI=1S/C15H20N2O/c1-4-9-17(11(2)3)15(18)13-6-5-12-7-8-16-14(12)10-13/h4-6,10-11,16H,1,7-9H2,2-3H3. The number of anilines is 1. The monoisotopic (exact) mass is 244 g/mol. The van der Waals surface area contributed by atoms with Gasteiger partial charge in [-0.2, -0.15) is 0 Å². The average Bonchev–Trinajstić information content (AvgIpc) is 2.81. The van der Waals surface area contributed by atoms with Crippen LogP contribution in [0.25, 0.3) is 0 Å². The molecule has 0 radical (unpaired) electrons. The Kier molecular flexibility index (Phi) is 3.70. The summed E-state index contributed by atoms with van der Waals surface area (Å²) in [6, 6.07) is 6.11. The van der Waals surface area contributed by atoms with Crippen molar-refractivity contribution < 1.29 is 4.79 Å². The number of carbonyl (C=O) groups excluding carboxylic acids is 1. The highest BCUT2D eigenvalue weighted by atomic mass is 16.2. The van der Waals surface area contributed by atoms with Crippen LogP contribution in [-0.2, 0) is 6.42 Å². The molecule has 0 bridgehead atoms. The van der Waals surface area contributed by atoms with E-state index in [4.69, 9.17) is 0 Å². The van der Waals surface area contributed by atoms with Crippen LogP contribution in [0.15, 0.2) is 30.9 Å². The molecule has 1 N–H and O–H groups in total. The Morgan fingerprint density at radius 2 is 2.33 bits per heavy atom. The molecule has 3 heteroatoms. The maximum atomic E-state index is 12.4. The number of rotatable bonds is 4. The van der Waals surface area contributed by atoms with E-state index in [2.05, 4.69) is 18.0 Å². The Balaban J connectivity index is 2.24. The maximum absolute atomic E-state index is 12.4. The highest BCUT2D eigenvalue weighted by Gasteiger charge is 2.19. The minimum atomic E-state index is 0.0707. The van der Waals surface area contributed by atoms with Gasteiger partial charge in [0.2, 0.25) is 0 Å². The zero-order valence-corrected chi connectivity index (χ0v) is 11.1. The van der Waals surface area contributed by atoms with Crippen LogP contribution in [0.5, 0.6) is 0 Å². The summed E-state index contributed by atoms with van der Waals surface area (Å²) in [4.78, 5) is 14.2. The van der Waals surface area contributed by atoms with Crippen molar-refractivity contribution in [3.05, 3.63) is 42.0 Å². The van der Waals surface area contributed by atoms with Crippen molar-refractivity contribution in [2.45, 2.75) is 26.3 Å². The average molecular weight is 244 g/mol. The highest BCUT2D eigenvalue weighted by molar-refractivity contribution is 5.95. The Morgan fingerprint density at radius 1 is 1.56 bits per heavy atom. The molecule has 1 aromatic carbocycles. The second kappa shape index (κ2) is 5.25. The number of nitrogens with zero attached hydrogens (tertiary/aromatic N) is 1. The van der Waals surface area contributed by atoms with E-state index in [0.717, 1.165) is 24.2 Å². The fraction of sp³-hybridized carbons (Fsp3) is 0.400. The van der Waals surface area contributed by atoms with Crippen molar-refractivity contribution in [3.8, 4) is 0 Å². The number of nitrogens with one attached hydrogen (secondary N) is 1. The molecular weight excluding hydrogens is 224 g/mol. The summed E-state index contributed by atoms with van der Waals surface area (Å²) >= 11 is 0. The Hall–Kier alpha value is -1.77. The molecule has 1 aliphatic rings. The molecular formula is C15H20N2O. The first-order chi connectivity index (χ1) is 8.63. The van der Waals surface area contributed by atoms with Gasteiger partial charge in [-0.25, -0.2) is 0 Å². The van der Waals surface area contributed by atoms with Crippen LogP contribution in [0.4, 0.5) is 5.69 Å². The summed E-state index contributed by atoms with van der Waals surface area (Å²) < 4.78 is 0. The van der Waals surface area contributed by atoms with Crippen LogP contribution >= 0.6 is 0 Å². The summed E-state index contributed by atoms with van der Waals surface area (Å²) in [6.45, 7) is 9.30. The van der Waals surface area contributed by atoms with Crippen molar-refractivity contribution in [3.63, 3.8) is 0 Å². The first kappa shape index (κ1) is 12.7. The third-order valence-electron chi connectivity index (χ3n) is 3.28. The molecule has 0 aliphatic carbocycles. The number of hydrogen-bond donors (Lipinski definition) is 1. The molecule has 0 aromatic heterocycles. The molecule has 0 spiro atoms. The summed E-state index contributed by atoms with van der Waals surface area (Å²) in [6.07, 6.45) is 2.81. The van der Waals surface area contributed by atoms with Crippen LogP contribution in [0.3, 0.4) is 0 Å². The molecule has 18 heavy (non-hydrogen) atoms. The molecule has 0 saturated heterocycles. The van der Waals surface area contributed by atoms with Gasteiger partial charge >= 0.3 is 0 Å². The SMILES string of the molecule is C=CCN(C(=O)c1ccc2c(c1)NCC2)C(C)C. The molecule has 1 heterocycles. The van der Waals surface area contributed by atoms with E-state index in [0.29, 0.717) is 6.54 Å². The van der Waals surface area contributed by atoms with E-state index in [1.165, 1.54) is 5.56 Å². The van der Waals surface area contributed by atoms with E-state index < -0.39 is 0 Å². The number of benzene rings is 1. The number of amides is 1. The summed E-state index contributed by atoms with van der Waals surface area (Å²) in [5.41, 5.74) is 3.15. The maximum Gasteiger partial charge on any atom is 0.254 e. The van der Waals surface area contributed by atoms with Crippen molar-refractivity contribution >= 4 is 11.6 Å². The number of carbonyl (C=O) groups is 1. The predicted molar refractivity (Wildman–Crippen MR) is 75.0 cm³/mol. The Labute approximate surface area is 108 Å². The quantitative estimate of drug-likeness (QED) is 0.826. The lowest BCUT2D eigenvalue weighted by Gasteiger charge is -2.25. The van der Waals surface area contributed by atoms with E-state index in [1.807, 2.05) is 30.9 Å². The van der Waals surface area contributed by atoms with Crippen LogP contribution in [-0.4, -0.2) is 29.9 Å².